The van der Waals surface area contributed by atoms with Gasteiger partial charge in [-0.15, -0.1) is 12.4 Å². The summed E-state index contributed by atoms with van der Waals surface area (Å²) < 4.78 is 0. The molecular formula is C13H16ClNO2. The van der Waals surface area contributed by atoms with Gasteiger partial charge in [-0.05, 0) is 17.4 Å². The van der Waals surface area contributed by atoms with E-state index >= 15 is 0 Å². The monoisotopic (exact) mass is 253 g/mol. The Balaban J connectivity index is 0.00000144. The van der Waals surface area contributed by atoms with E-state index in [2.05, 4.69) is 0 Å². The summed E-state index contributed by atoms with van der Waals surface area (Å²) in [6, 6.07) is 11.1. The molecule has 0 bridgehead atoms. The molecule has 0 aliphatic rings. The minimum Gasteiger partial charge on any atom is -0.507 e. The second-order valence-corrected chi connectivity index (χ2v) is 3.94. The summed E-state index contributed by atoms with van der Waals surface area (Å²) in [5, 5.41) is 20.8. The van der Waals surface area contributed by atoms with Crippen LogP contribution in [-0.4, -0.2) is 22.9 Å². The third kappa shape index (κ3) is 2.88. The molecule has 1 atom stereocenters. The molecule has 92 valence electrons. The zero-order chi connectivity index (χ0) is 11.5. The van der Waals surface area contributed by atoms with E-state index in [0.29, 0.717) is 6.42 Å². The largest absolute Gasteiger partial charge is 0.507 e. The van der Waals surface area contributed by atoms with Gasteiger partial charge in [-0.25, -0.2) is 0 Å². The van der Waals surface area contributed by atoms with Crippen molar-refractivity contribution in [2.45, 2.75) is 12.5 Å². The number of phenols is 1. The lowest BCUT2D eigenvalue weighted by molar-refractivity contribution is 0.264. The van der Waals surface area contributed by atoms with E-state index in [9.17, 15) is 5.11 Å². The molecule has 0 spiro atoms. The highest BCUT2D eigenvalue weighted by molar-refractivity contribution is 5.89. The van der Waals surface area contributed by atoms with Gasteiger partial charge in [0, 0.05) is 11.4 Å². The third-order valence-electron chi connectivity index (χ3n) is 2.70. The van der Waals surface area contributed by atoms with Gasteiger partial charge >= 0.3 is 0 Å². The van der Waals surface area contributed by atoms with Crippen molar-refractivity contribution in [3.8, 4) is 5.75 Å². The average molecular weight is 254 g/mol. The summed E-state index contributed by atoms with van der Waals surface area (Å²) >= 11 is 0. The van der Waals surface area contributed by atoms with Crippen molar-refractivity contribution in [3.63, 3.8) is 0 Å². The second-order valence-electron chi connectivity index (χ2n) is 3.94. The molecule has 2 aromatic carbocycles. The van der Waals surface area contributed by atoms with Crippen molar-refractivity contribution < 1.29 is 10.2 Å². The summed E-state index contributed by atoms with van der Waals surface area (Å²) in [6.45, 7) is -0.0771. The van der Waals surface area contributed by atoms with Crippen molar-refractivity contribution in [1.82, 2.24) is 0 Å². The predicted molar refractivity (Wildman–Crippen MR) is 71.6 cm³/mol. The summed E-state index contributed by atoms with van der Waals surface area (Å²) in [7, 11) is 0. The third-order valence-corrected chi connectivity index (χ3v) is 2.70. The van der Waals surface area contributed by atoms with Gasteiger partial charge in [0.05, 0.1) is 6.61 Å². The standard InChI is InChI=1S/C13H15NO2.ClH/c14-11(8-15)7-10-6-5-9-3-1-2-4-12(9)13(10)16;/h1-6,11,15-16H,7-8,14H2;1H. The van der Waals surface area contributed by atoms with E-state index in [1.807, 2.05) is 36.4 Å². The average Bonchev–Trinajstić information content (AvgIpc) is 2.33. The Morgan fingerprint density at radius 1 is 1.12 bits per heavy atom. The minimum atomic E-state index is -0.327. The number of fused-ring (bicyclic) bond motifs is 1. The van der Waals surface area contributed by atoms with Crippen LogP contribution in [0, 0.1) is 0 Å². The molecular weight excluding hydrogens is 238 g/mol. The smallest absolute Gasteiger partial charge is 0.126 e. The molecule has 2 rings (SSSR count). The lowest BCUT2D eigenvalue weighted by Gasteiger charge is -2.11. The van der Waals surface area contributed by atoms with Gasteiger partial charge in [0.15, 0.2) is 0 Å². The Kier molecular flexibility index (Phi) is 4.75. The molecule has 0 aliphatic heterocycles. The van der Waals surface area contributed by atoms with Crippen molar-refractivity contribution in [2.75, 3.05) is 6.61 Å². The van der Waals surface area contributed by atoms with Crippen LogP contribution in [0.2, 0.25) is 0 Å². The molecule has 4 N–H and O–H groups in total. The van der Waals surface area contributed by atoms with E-state index in [1.54, 1.807) is 0 Å². The lowest BCUT2D eigenvalue weighted by atomic mass is 10.0. The number of aliphatic hydroxyl groups excluding tert-OH is 1. The maximum absolute atomic E-state index is 10.1. The summed E-state index contributed by atoms with van der Waals surface area (Å²) in [6.07, 6.45) is 0.479. The molecule has 0 heterocycles. The highest BCUT2D eigenvalue weighted by Crippen LogP contribution is 2.29. The molecule has 0 aromatic heterocycles. The number of benzene rings is 2. The SMILES string of the molecule is Cl.NC(CO)Cc1ccc2ccccc2c1O. The van der Waals surface area contributed by atoms with E-state index in [0.717, 1.165) is 16.3 Å². The van der Waals surface area contributed by atoms with E-state index < -0.39 is 0 Å². The lowest BCUT2D eigenvalue weighted by Crippen LogP contribution is -2.26. The topological polar surface area (TPSA) is 66.5 Å². The Morgan fingerprint density at radius 2 is 1.82 bits per heavy atom. The highest BCUT2D eigenvalue weighted by atomic mass is 35.5. The van der Waals surface area contributed by atoms with Crippen molar-refractivity contribution >= 4 is 23.2 Å². The fraction of sp³-hybridized carbons (Fsp3) is 0.231. The quantitative estimate of drug-likeness (QED) is 0.782. The number of hydrogen-bond acceptors (Lipinski definition) is 3. The van der Waals surface area contributed by atoms with Crippen LogP contribution < -0.4 is 5.73 Å². The number of phenolic OH excluding ortho intramolecular Hbond substituents is 1. The summed E-state index contributed by atoms with van der Waals surface area (Å²) in [4.78, 5) is 0. The van der Waals surface area contributed by atoms with Crippen LogP contribution in [0.1, 0.15) is 5.56 Å². The predicted octanol–water partition coefficient (Wildman–Crippen LogP) is 1.83. The van der Waals surface area contributed by atoms with Gasteiger partial charge in [0.2, 0.25) is 0 Å². The van der Waals surface area contributed by atoms with E-state index in [-0.39, 0.29) is 30.8 Å². The van der Waals surface area contributed by atoms with Crippen LogP contribution in [0.25, 0.3) is 10.8 Å². The first-order chi connectivity index (χ1) is 7.72. The molecule has 2 aromatic rings. The first-order valence-electron chi connectivity index (χ1n) is 5.28. The number of rotatable bonds is 3. The fourth-order valence-electron chi connectivity index (χ4n) is 1.81. The molecule has 0 aliphatic carbocycles. The Labute approximate surface area is 106 Å². The Hall–Kier alpha value is -1.29. The molecule has 1 unspecified atom stereocenters. The molecule has 17 heavy (non-hydrogen) atoms. The van der Waals surface area contributed by atoms with Crippen LogP contribution in [0.3, 0.4) is 0 Å². The zero-order valence-corrected chi connectivity index (χ0v) is 10.2. The van der Waals surface area contributed by atoms with Crippen LogP contribution in [0.4, 0.5) is 0 Å². The second kappa shape index (κ2) is 5.87. The molecule has 0 saturated carbocycles. The number of aliphatic hydroxyl groups is 1. The molecule has 0 radical (unpaired) electrons. The van der Waals surface area contributed by atoms with Crippen molar-refractivity contribution in [3.05, 3.63) is 42.0 Å². The maximum Gasteiger partial charge on any atom is 0.126 e. The zero-order valence-electron chi connectivity index (χ0n) is 9.34. The first kappa shape index (κ1) is 13.8. The molecule has 3 nitrogen and oxygen atoms in total. The van der Waals surface area contributed by atoms with Crippen LogP contribution in [-0.2, 0) is 6.42 Å². The molecule has 0 saturated heterocycles. The minimum absolute atomic E-state index is 0. The highest BCUT2D eigenvalue weighted by Gasteiger charge is 2.09. The van der Waals surface area contributed by atoms with Crippen LogP contribution in [0.15, 0.2) is 36.4 Å². The fourth-order valence-corrected chi connectivity index (χ4v) is 1.81. The van der Waals surface area contributed by atoms with Crippen molar-refractivity contribution in [1.29, 1.82) is 0 Å². The summed E-state index contributed by atoms with van der Waals surface area (Å²) in [5.74, 6) is 0.266. The van der Waals surface area contributed by atoms with Gasteiger partial charge in [-0.1, -0.05) is 36.4 Å². The Morgan fingerprint density at radius 3 is 2.53 bits per heavy atom. The summed E-state index contributed by atoms with van der Waals surface area (Å²) in [5.41, 5.74) is 6.43. The van der Waals surface area contributed by atoms with Gasteiger partial charge in [0.25, 0.3) is 0 Å². The number of halogens is 1. The van der Waals surface area contributed by atoms with Crippen LogP contribution in [0.5, 0.6) is 5.75 Å². The first-order valence-corrected chi connectivity index (χ1v) is 5.28. The van der Waals surface area contributed by atoms with Gasteiger partial charge in [-0.2, -0.15) is 0 Å². The van der Waals surface area contributed by atoms with Crippen LogP contribution >= 0.6 is 12.4 Å². The number of hydrogen-bond donors (Lipinski definition) is 3. The van der Waals surface area contributed by atoms with Gasteiger partial charge in [0.1, 0.15) is 5.75 Å². The van der Waals surface area contributed by atoms with Crippen molar-refractivity contribution in [2.24, 2.45) is 5.73 Å². The Bertz CT molecular complexity index is 502. The van der Waals surface area contributed by atoms with Gasteiger partial charge < -0.3 is 15.9 Å². The number of nitrogens with two attached hydrogens (primary N) is 1. The molecule has 4 heteroatoms. The van der Waals surface area contributed by atoms with E-state index in [4.69, 9.17) is 10.8 Å². The van der Waals surface area contributed by atoms with Gasteiger partial charge in [-0.3, -0.25) is 0 Å². The number of aromatic hydroxyl groups is 1. The maximum atomic E-state index is 10.1. The molecule has 0 fully saturated rings. The van der Waals surface area contributed by atoms with E-state index in [1.165, 1.54) is 0 Å². The normalized spacial score (nSPS) is 12.1. The molecule has 0 amide bonds.